The van der Waals surface area contributed by atoms with Crippen molar-refractivity contribution >= 4 is 42.1 Å². The summed E-state index contributed by atoms with van der Waals surface area (Å²) in [6.45, 7) is 1.89. The number of carbonyl (C=O) groups excluding carboxylic acids is 1. The Balaban J connectivity index is 0.00000144. The second-order valence-corrected chi connectivity index (χ2v) is 6.30. The number of thiazole rings is 1. The lowest BCUT2D eigenvalue weighted by molar-refractivity contribution is 0.0698. The molecule has 1 saturated heterocycles. The maximum atomic E-state index is 13.0. The molecule has 0 atom stereocenters. The van der Waals surface area contributed by atoms with Crippen molar-refractivity contribution in [3.8, 4) is 10.6 Å². The smallest absolute Gasteiger partial charge is 0.273 e. The van der Waals surface area contributed by atoms with Gasteiger partial charge in [0.25, 0.3) is 5.91 Å². The van der Waals surface area contributed by atoms with Gasteiger partial charge < -0.3 is 10.2 Å². The predicted octanol–water partition coefficient (Wildman–Crippen LogP) is 3.62. The van der Waals surface area contributed by atoms with Gasteiger partial charge in [0.15, 0.2) is 0 Å². The summed E-state index contributed by atoms with van der Waals surface area (Å²) < 4.78 is 13.0. The van der Waals surface area contributed by atoms with Crippen LogP contribution in [0.25, 0.3) is 10.6 Å². The molecule has 8 heteroatoms. The zero-order valence-corrected chi connectivity index (χ0v) is 15.6. The molecule has 1 aromatic heterocycles. The second kappa shape index (κ2) is 9.32. The molecule has 0 unspecified atom stereocenters. The van der Waals surface area contributed by atoms with E-state index in [1.54, 1.807) is 22.4 Å². The Morgan fingerprint density at radius 1 is 1.25 bits per heavy atom. The molecule has 0 aliphatic carbocycles. The summed E-state index contributed by atoms with van der Waals surface area (Å²) in [5, 5.41) is 5.81. The summed E-state index contributed by atoms with van der Waals surface area (Å²) >= 11 is 1.41. The van der Waals surface area contributed by atoms with Crippen LogP contribution in [0.15, 0.2) is 29.6 Å². The first-order valence-electron chi connectivity index (χ1n) is 7.34. The summed E-state index contributed by atoms with van der Waals surface area (Å²) in [6.07, 6.45) is 1.94. The van der Waals surface area contributed by atoms with Gasteiger partial charge in [0.05, 0.1) is 0 Å². The highest BCUT2D eigenvalue weighted by Gasteiger charge is 2.24. The van der Waals surface area contributed by atoms with Crippen LogP contribution in [0.3, 0.4) is 0 Å². The number of aromatic nitrogens is 1. The fourth-order valence-corrected chi connectivity index (χ4v) is 3.44. The van der Waals surface area contributed by atoms with E-state index < -0.39 is 0 Å². The van der Waals surface area contributed by atoms with Crippen LogP contribution in [0.1, 0.15) is 23.3 Å². The van der Waals surface area contributed by atoms with Crippen molar-refractivity contribution in [2.24, 2.45) is 0 Å². The number of carbonyl (C=O) groups is 1. The standard InChI is InChI=1S/C16H18FN3OS.2ClH/c1-20(13-6-8-18-9-7-13)16(21)14-10-22-15(19-14)11-2-4-12(17)5-3-11;;/h2-5,10,13,18H,6-9H2,1H3;2*1H. The SMILES string of the molecule is CN(C(=O)c1csc(-c2ccc(F)cc2)n1)C1CCNCC1.Cl.Cl. The lowest BCUT2D eigenvalue weighted by Gasteiger charge is -2.31. The zero-order valence-electron chi connectivity index (χ0n) is 13.2. The van der Waals surface area contributed by atoms with Crippen molar-refractivity contribution in [3.05, 3.63) is 41.2 Å². The lowest BCUT2D eigenvalue weighted by atomic mass is 10.1. The van der Waals surface area contributed by atoms with E-state index in [0.29, 0.717) is 5.69 Å². The number of piperidine rings is 1. The molecule has 3 rings (SSSR count). The van der Waals surface area contributed by atoms with Crippen LogP contribution in [0, 0.1) is 5.82 Å². The summed E-state index contributed by atoms with van der Waals surface area (Å²) in [7, 11) is 1.84. The number of halogens is 3. The van der Waals surface area contributed by atoms with Gasteiger partial charge in [-0.2, -0.15) is 0 Å². The first-order chi connectivity index (χ1) is 10.6. The Hall–Kier alpha value is -1.21. The predicted molar refractivity (Wildman–Crippen MR) is 100.0 cm³/mol. The molecule has 0 bridgehead atoms. The molecule has 4 nitrogen and oxygen atoms in total. The summed E-state index contributed by atoms with van der Waals surface area (Å²) in [4.78, 5) is 18.7. The first kappa shape index (κ1) is 20.8. The quantitative estimate of drug-likeness (QED) is 0.868. The fourth-order valence-electron chi connectivity index (χ4n) is 2.64. The highest BCUT2D eigenvalue weighted by molar-refractivity contribution is 7.13. The van der Waals surface area contributed by atoms with Crippen molar-refractivity contribution < 1.29 is 9.18 Å². The largest absolute Gasteiger partial charge is 0.337 e. The number of rotatable bonds is 3. The Bertz CT molecular complexity index is 660. The maximum absolute atomic E-state index is 13.0. The minimum atomic E-state index is -0.276. The average molecular weight is 392 g/mol. The van der Waals surface area contributed by atoms with Crippen molar-refractivity contribution in [2.45, 2.75) is 18.9 Å². The number of hydrogen-bond acceptors (Lipinski definition) is 4. The van der Waals surface area contributed by atoms with E-state index in [-0.39, 0.29) is 42.6 Å². The lowest BCUT2D eigenvalue weighted by Crippen LogP contribution is -2.44. The summed E-state index contributed by atoms with van der Waals surface area (Å²) in [5.41, 5.74) is 1.29. The van der Waals surface area contributed by atoms with Gasteiger partial charge in [-0.3, -0.25) is 4.79 Å². The molecule has 1 amide bonds. The maximum Gasteiger partial charge on any atom is 0.273 e. The average Bonchev–Trinajstić information content (AvgIpc) is 3.05. The minimum Gasteiger partial charge on any atom is -0.337 e. The fraction of sp³-hybridized carbons (Fsp3) is 0.375. The zero-order chi connectivity index (χ0) is 15.5. The topological polar surface area (TPSA) is 45.2 Å². The number of benzene rings is 1. The molecule has 1 aromatic carbocycles. The van der Waals surface area contributed by atoms with Gasteiger partial charge in [-0.15, -0.1) is 36.2 Å². The third-order valence-electron chi connectivity index (χ3n) is 3.99. The molecule has 1 fully saturated rings. The van der Waals surface area contributed by atoms with Crippen molar-refractivity contribution in [1.82, 2.24) is 15.2 Å². The minimum absolute atomic E-state index is 0. The normalized spacial score (nSPS) is 14.4. The van der Waals surface area contributed by atoms with E-state index in [9.17, 15) is 9.18 Å². The van der Waals surface area contributed by atoms with Gasteiger partial charge in [-0.05, 0) is 50.2 Å². The van der Waals surface area contributed by atoms with E-state index in [1.165, 1.54) is 23.5 Å². The van der Waals surface area contributed by atoms with Crippen LogP contribution in [-0.4, -0.2) is 42.0 Å². The van der Waals surface area contributed by atoms with Crippen molar-refractivity contribution in [1.29, 1.82) is 0 Å². The number of amides is 1. The van der Waals surface area contributed by atoms with Crippen LogP contribution in [0.4, 0.5) is 4.39 Å². The number of nitrogens with one attached hydrogen (secondary N) is 1. The number of hydrogen-bond donors (Lipinski definition) is 1. The first-order valence-corrected chi connectivity index (χ1v) is 8.22. The van der Waals surface area contributed by atoms with Crippen LogP contribution in [0.5, 0.6) is 0 Å². The monoisotopic (exact) mass is 391 g/mol. The van der Waals surface area contributed by atoms with Crippen LogP contribution in [0.2, 0.25) is 0 Å². The number of nitrogens with zero attached hydrogens (tertiary/aromatic N) is 2. The molecule has 1 aliphatic heterocycles. The van der Waals surface area contributed by atoms with Gasteiger partial charge in [-0.1, -0.05) is 0 Å². The van der Waals surface area contributed by atoms with E-state index in [4.69, 9.17) is 0 Å². The van der Waals surface area contributed by atoms with Gasteiger partial charge in [0, 0.05) is 24.0 Å². The van der Waals surface area contributed by atoms with Crippen molar-refractivity contribution in [2.75, 3.05) is 20.1 Å². The molecule has 24 heavy (non-hydrogen) atoms. The van der Waals surface area contributed by atoms with Crippen LogP contribution in [-0.2, 0) is 0 Å². The molecular formula is C16H20Cl2FN3OS. The second-order valence-electron chi connectivity index (χ2n) is 5.44. The molecule has 1 N–H and O–H groups in total. The van der Waals surface area contributed by atoms with E-state index in [1.807, 2.05) is 7.05 Å². The molecule has 0 radical (unpaired) electrons. The molecule has 1 aliphatic rings. The molecule has 0 spiro atoms. The van der Waals surface area contributed by atoms with E-state index >= 15 is 0 Å². The third kappa shape index (κ3) is 4.66. The molecule has 132 valence electrons. The summed E-state index contributed by atoms with van der Waals surface area (Å²) in [5.74, 6) is -0.321. The van der Waals surface area contributed by atoms with Gasteiger partial charge >= 0.3 is 0 Å². The van der Waals surface area contributed by atoms with Gasteiger partial charge in [-0.25, -0.2) is 9.37 Å². The van der Waals surface area contributed by atoms with Crippen molar-refractivity contribution in [3.63, 3.8) is 0 Å². The highest BCUT2D eigenvalue weighted by atomic mass is 35.5. The van der Waals surface area contributed by atoms with E-state index in [0.717, 1.165) is 36.5 Å². The van der Waals surface area contributed by atoms with Crippen LogP contribution < -0.4 is 5.32 Å². The van der Waals surface area contributed by atoms with Crippen LogP contribution >= 0.6 is 36.2 Å². The van der Waals surface area contributed by atoms with Gasteiger partial charge in [0.2, 0.25) is 0 Å². The summed E-state index contributed by atoms with van der Waals surface area (Å²) in [6, 6.07) is 6.43. The Labute approximate surface area is 157 Å². The Kier molecular flexibility index (Phi) is 8.09. The molecule has 0 saturated carbocycles. The van der Waals surface area contributed by atoms with Gasteiger partial charge in [0.1, 0.15) is 16.5 Å². The Morgan fingerprint density at radius 2 is 1.88 bits per heavy atom. The molecule has 2 aromatic rings. The van der Waals surface area contributed by atoms with E-state index in [2.05, 4.69) is 10.3 Å². The third-order valence-corrected chi connectivity index (χ3v) is 4.88. The molecule has 2 heterocycles. The highest BCUT2D eigenvalue weighted by Crippen LogP contribution is 2.25. The molecular weight excluding hydrogens is 372 g/mol. The Morgan fingerprint density at radius 3 is 2.50 bits per heavy atom.